The van der Waals surface area contributed by atoms with E-state index in [4.69, 9.17) is 11.6 Å². The van der Waals surface area contributed by atoms with Gasteiger partial charge in [-0.25, -0.2) is 0 Å². The Kier molecular flexibility index (Phi) is 8.19. The molecule has 0 aromatic heterocycles. The lowest BCUT2D eigenvalue weighted by Gasteiger charge is -2.46. The fourth-order valence-electron chi connectivity index (χ4n) is 4.98. The predicted octanol–water partition coefficient (Wildman–Crippen LogP) is 3.59. The Hall–Kier alpha value is -1.14. The molecule has 1 aromatic carbocycles. The molecule has 1 saturated carbocycles. The summed E-state index contributed by atoms with van der Waals surface area (Å²) in [6.07, 6.45) is 5.43. The van der Waals surface area contributed by atoms with E-state index < -0.39 is 6.10 Å². The van der Waals surface area contributed by atoms with Crippen LogP contribution in [0.5, 0.6) is 0 Å². The number of nitrogens with one attached hydrogen (secondary N) is 2. The van der Waals surface area contributed by atoms with E-state index in [1.807, 2.05) is 45.0 Å². The highest BCUT2D eigenvalue weighted by molar-refractivity contribution is 6.31. The van der Waals surface area contributed by atoms with E-state index in [1.165, 1.54) is 25.7 Å². The van der Waals surface area contributed by atoms with Gasteiger partial charge in [-0.3, -0.25) is 9.69 Å². The second-order valence-corrected chi connectivity index (χ2v) is 10.5. The van der Waals surface area contributed by atoms with E-state index in [1.54, 1.807) is 0 Å². The van der Waals surface area contributed by atoms with E-state index in [0.29, 0.717) is 31.5 Å². The van der Waals surface area contributed by atoms with Gasteiger partial charge in [0.2, 0.25) is 5.91 Å². The van der Waals surface area contributed by atoms with Crippen molar-refractivity contribution in [2.75, 3.05) is 19.6 Å². The van der Waals surface area contributed by atoms with Crippen LogP contribution in [0.25, 0.3) is 0 Å². The van der Waals surface area contributed by atoms with Gasteiger partial charge in [-0.05, 0) is 57.1 Å². The third-order valence-corrected chi connectivity index (χ3v) is 6.77. The number of carbonyl (C=O) groups is 1. The second-order valence-electron chi connectivity index (χ2n) is 10.1. The Bertz CT molecular complexity index is 706. The summed E-state index contributed by atoms with van der Waals surface area (Å²) in [4.78, 5) is 15.3. The van der Waals surface area contributed by atoms with E-state index in [-0.39, 0.29) is 17.5 Å². The van der Waals surface area contributed by atoms with Gasteiger partial charge in [0.25, 0.3) is 0 Å². The predicted molar refractivity (Wildman–Crippen MR) is 122 cm³/mol. The molecular formula is C24H38ClN3O2. The zero-order chi connectivity index (χ0) is 21.7. The number of β-amino-alcohol motifs (C(OH)–C–C–N with tert-alkyl or cyclic N) is 1. The van der Waals surface area contributed by atoms with E-state index in [2.05, 4.69) is 15.5 Å². The molecular weight excluding hydrogens is 398 g/mol. The molecule has 3 N–H and O–H groups in total. The van der Waals surface area contributed by atoms with Gasteiger partial charge in [0.1, 0.15) is 0 Å². The van der Waals surface area contributed by atoms with Crippen molar-refractivity contribution < 1.29 is 9.90 Å². The second kappa shape index (κ2) is 10.4. The number of piperidine rings is 1. The normalized spacial score (nSPS) is 26.1. The fourth-order valence-corrected chi connectivity index (χ4v) is 5.18. The fraction of sp³-hybridized carbons (Fsp3) is 0.708. The summed E-state index contributed by atoms with van der Waals surface area (Å²) in [6, 6.07) is 7.59. The first-order chi connectivity index (χ1) is 14.2. The largest absolute Gasteiger partial charge is 0.390 e. The third kappa shape index (κ3) is 6.68. The molecule has 30 heavy (non-hydrogen) atoms. The average molecular weight is 436 g/mol. The van der Waals surface area contributed by atoms with E-state index in [9.17, 15) is 9.90 Å². The maximum atomic E-state index is 13.1. The summed E-state index contributed by atoms with van der Waals surface area (Å²) in [5.74, 6) is 1.39. The highest BCUT2D eigenvalue weighted by Gasteiger charge is 2.40. The molecule has 1 amide bonds. The smallest absolute Gasteiger partial charge is 0.237 e. The number of carbonyl (C=O) groups excluding carboxylic acids is 1. The lowest BCUT2D eigenvalue weighted by molar-refractivity contribution is -0.132. The van der Waals surface area contributed by atoms with Gasteiger partial charge in [-0.15, -0.1) is 0 Å². The van der Waals surface area contributed by atoms with Crippen LogP contribution < -0.4 is 10.6 Å². The number of aliphatic hydroxyl groups excluding tert-OH is 1. The molecule has 168 valence electrons. The molecule has 2 fully saturated rings. The molecule has 2 aliphatic rings. The maximum absolute atomic E-state index is 13.1. The molecule has 0 unspecified atom stereocenters. The molecule has 1 aliphatic heterocycles. The van der Waals surface area contributed by atoms with Crippen LogP contribution in [0.1, 0.15) is 58.4 Å². The molecule has 0 bridgehead atoms. The van der Waals surface area contributed by atoms with Crippen molar-refractivity contribution in [2.45, 2.75) is 77.1 Å². The van der Waals surface area contributed by atoms with Crippen molar-refractivity contribution in [3.05, 3.63) is 34.9 Å². The molecule has 5 nitrogen and oxygen atoms in total. The van der Waals surface area contributed by atoms with Crippen LogP contribution in [0.2, 0.25) is 5.02 Å². The van der Waals surface area contributed by atoms with Crippen molar-refractivity contribution in [3.63, 3.8) is 0 Å². The van der Waals surface area contributed by atoms with Gasteiger partial charge in [0.15, 0.2) is 0 Å². The van der Waals surface area contributed by atoms with Gasteiger partial charge in [-0.1, -0.05) is 49.1 Å². The molecule has 1 heterocycles. The molecule has 0 spiro atoms. The number of benzene rings is 1. The minimum Gasteiger partial charge on any atom is -0.390 e. The maximum Gasteiger partial charge on any atom is 0.237 e. The number of aliphatic hydroxyl groups is 1. The van der Waals surface area contributed by atoms with Crippen LogP contribution >= 0.6 is 11.6 Å². The van der Waals surface area contributed by atoms with Crippen molar-refractivity contribution >= 4 is 17.5 Å². The number of hydrogen-bond acceptors (Lipinski definition) is 4. The Morgan fingerprint density at radius 3 is 2.63 bits per heavy atom. The highest BCUT2D eigenvalue weighted by atomic mass is 35.5. The standard InChI is InChI=1S/C24H38ClN3O2/c1-24(2,3)27-23(30)22-12-17-8-4-5-10-19(17)15-28(22)16-20(29)14-26-13-18-9-6-7-11-21(18)25/h6-7,9,11,17,19-20,22,26,29H,4-5,8,10,12-16H2,1-3H3,(H,27,30)/t17-,19+,20+,22-/m0/s1. The molecule has 0 radical (unpaired) electrons. The minimum atomic E-state index is -0.530. The van der Waals surface area contributed by atoms with Crippen molar-refractivity contribution in [1.82, 2.24) is 15.5 Å². The molecule has 1 saturated heterocycles. The zero-order valence-electron chi connectivity index (χ0n) is 18.7. The lowest BCUT2D eigenvalue weighted by Crippen LogP contribution is -2.59. The van der Waals surface area contributed by atoms with Crippen LogP contribution in [0.4, 0.5) is 0 Å². The quantitative estimate of drug-likeness (QED) is 0.612. The summed E-state index contributed by atoms with van der Waals surface area (Å²) in [6.45, 7) is 8.59. The Labute approximate surface area is 186 Å². The van der Waals surface area contributed by atoms with E-state index >= 15 is 0 Å². The summed E-state index contributed by atoms with van der Waals surface area (Å²) in [7, 11) is 0. The monoisotopic (exact) mass is 435 g/mol. The van der Waals surface area contributed by atoms with Crippen LogP contribution in [0.15, 0.2) is 24.3 Å². The minimum absolute atomic E-state index is 0.0998. The van der Waals surface area contributed by atoms with Crippen LogP contribution in [-0.2, 0) is 11.3 Å². The topological polar surface area (TPSA) is 64.6 Å². The average Bonchev–Trinajstić information content (AvgIpc) is 2.67. The number of rotatable bonds is 7. The summed E-state index contributed by atoms with van der Waals surface area (Å²) >= 11 is 6.21. The summed E-state index contributed by atoms with van der Waals surface area (Å²) in [5, 5.41) is 17.9. The van der Waals surface area contributed by atoms with Crippen LogP contribution in [-0.4, -0.2) is 53.2 Å². The molecule has 1 aliphatic carbocycles. The first-order valence-corrected chi connectivity index (χ1v) is 11.8. The number of fused-ring (bicyclic) bond motifs is 1. The number of halogens is 1. The Morgan fingerprint density at radius 2 is 1.93 bits per heavy atom. The number of amides is 1. The summed E-state index contributed by atoms with van der Waals surface area (Å²) in [5.41, 5.74) is 0.776. The number of likely N-dealkylation sites (tertiary alicyclic amines) is 1. The van der Waals surface area contributed by atoms with Crippen molar-refractivity contribution in [2.24, 2.45) is 11.8 Å². The number of nitrogens with zero attached hydrogens (tertiary/aromatic N) is 1. The first-order valence-electron chi connectivity index (χ1n) is 11.4. The molecule has 1 aromatic rings. The summed E-state index contributed by atoms with van der Waals surface area (Å²) < 4.78 is 0. The Morgan fingerprint density at radius 1 is 1.23 bits per heavy atom. The molecule has 3 rings (SSSR count). The van der Waals surface area contributed by atoms with Gasteiger partial charge < -0.3 is 15.7 Å². The molecule has 6 heteroatoms. The first kappa shape index (κ1) is 23.5. The highest BCUT2D eigenvalue weighted by Crippen LogP contribution is 2.38. The Balaban J connectivity index is 1.58. The van der Waals surface area contributed by atoms with Gasteiger partial charge in [0.05, 0.1) is 12.1 Å². The van der Waals surface area contributed by atoms with E-state index in [0.717, 1.165) is 23.6 Å². The number of hydrogen-bond donors (Lipinski definition) is 3. The van der Waals surface area contributed by atoms with Gasteiger partial charge in [-0.2, -0.15) is 0 Å². The lowest BCUT2D eigenvalue weighted by atomic mass is 9.72. The molecule has 4 atom stereocenters. The van der Waals surface area contributed by atoms with Crippen LogP contribution in [0.3, 0.4) is 0 Å². The van der Waals surface area contributed by atoms with Gasteiger partial charge >= 0.3 is 0 Å². The van der Waals surface area contributed by atoms with Crippen LogP contribution in [0, 0.1) is 11.8 Å². The van der Waals surface area contributed by atoms with Gasteiger partial charge in [0, 0.05) is 36.7 Å². The van der Waals surface area contributed by atoms with Crippen molar-refractivity contribution in [1.29, 1.82) is 0 Å². The van der Waals surface area contributed by atoms with Crippen molar-refractivity contribution in [3.8, 4) is 0 Å². The zero-order valence-corrected chi connectivity index (χ0v) is 19.4. The third-order valence-electron chi connectivity index (χ3n) is 6.40. The SMILES string of the molecule is CC(C)(C)NC(=O)[C@@H]1C[C@@H]2CCCC[C@@H]2CN1C[C@H](O)CNCc1ccccc1Cl.